The molecular weight excluding hydrogens is 340 g/mol. The maximum Gasteiger partial charge on any atom is 0.338 e. The molecule has 26 heavy (non-hydrogen) atoms. The molecule has 144 valence electrons. The first-order valence-electron chi connectivity index (χ1n) is 8.43. The van der Waals surface area contributed by atoms with Crippen LogP contribution in [0, 0.1) is 5.92 Å². The van der Waals surface area contributed by atoms with E-state index in [9.17, 15) is 14.4 Å². The number of imide groups is 1. The third-order valence-electron chi connectivity index (χ3n) is 3.29. The zero-order valence-corrected chi connectivity index (χ0v) is 15.6. The Bertz CT molecular complexity index is 630. The van der Waals surface area contributed by atoms with Gasteiger partial charge in [-0.05, 0) is 37.5 Å². The van der Waals surface area contributed by atoms with Crippen molar-refractivity contribution in [2.45, 2.75) is 27.2 Å². The summed E-state index contributed by atoms with van der Waals surface area (Å²) in [5.41, 5.74) is 0.212. The van der Waals surface area contributed by atoms with Gasteiger partial charge in [0.1, 0.15) is 0 Å². The van der Waals surface area contributed by atoms with Crippen LogP contribution in [-0.2, 0) is 9.53 Å². The number of carbonyl (C=O) groups excluding carboxylic acids is 3. The number of ether oxygens (including phenoxy) is 3. The first-order valence-corrected chi connectivity index (χ1v) is 8.43. The average Bonchev–Trinajstić information content (AvgIpc) is 2.59. The van der Waals surface area contributed by atoms with Crippen LogP contribution in [0.5, 0.6) is 11.5 Å². The molecule has 0 bridgehead atoms. The van der Waals surface area contributed by atoms with E-state index >= 15 is 0 Å². The molecule has 0 radical (unpaired) electrons. The second kappa shape index (κ2) is 11.0. The molecule has 0 saturated heterocycles. The number of hydrogen-bond acceptors (Lipinski definition) is 6. The number of carbonyl (C=O) groups is 3. The van der Waals surface area contributed by atoms with Gasteiger partial charge in [-0.2, -0.15) is 0 Å². The van der Waals surface area contributed by atoms with Crippen molar-refractivity contribution in [2.75, 3.05) is 26.9 Å². The highest BCUT2D eigenvalue weighted by molar-refractivity contribution is 5.97. The number of urea groups is 1. The summed E-state index contributed by atoms with van der Waals surface area (Å²) in [7, 11) is 1.49. The Kier molecular flexibility index (Phi) is 8.97. The predicted molar refractivity (Wildman–Crippen MR) is 95.4 cm³/mol. The van der Waals surface area contributed by atoms with Gasteiger partial charge in [-0.15, -0.1) is 0 Å². The second-order valence-electron chi connectivity index (χ2n) is 5.86. The third-order valence-corrected chi connectivity index (χ3v) is 3.29. The van der Waals surface area contributed by atoms with Gasteiger partial charge in [-0.3, -0.25) is 10.1 Å². The standard InChI is InChI=1S/C18H26N2O6/c1-5-25-15-10-13(6-7-14(15)24-4)17(22)26-11-16(21)20-18(23)19-9-8-12(2)3/h6-7,10,12H,5,8-9,11H2,1-4H3,(H2,19,20,21,23). The summed E-state index contributed by atoms with van der Waals surface area (Å²) in [5.74, 6) is -0.0846. The molecular formula is C18H26N2O6. The van der Waals surface area contributed by atoms with E-state index in [4.69, 9.17) is 14.2 Å². The van der Waals surface area contributed by atoms with Crippen LogP contribution in [0.1, 0.15) is 37.6 Å². The van der Waals surface area contributed by atoms with Crippen molar-refractivity contribution in [1.82, 2.24) is 10.6 Å². The number of nitrogens with one attached hydrogen (secondary N) is 2. The fraction of sp³-hybridized carbons (Fsp3) is 0.500. The van der Waals surface area contributed by atoms with Crippen LogP contribution in [0.3, 0.4) is 0 Å². The third kappa shape index (κ3) is 7.42. The van der Waals surface area contributed by atoms with Crippen molar-refractivity contribution < 1.29 is 28.6 Å². The van der Waals surface area contributed by atoms with Gasteiger partial charge in [-0.1, -0.05) is 13.8 Å². The smallest absolute Gasteiger partial charge is 0.338 e. The van der Waals surface area contributed by atoms with Crippen molar-refractivity contribution >= 4 is 17.9 Å². The molecule has 1 aromatic rings. The van der Waals surface area contributed by atoms with E-state index in [0.29, 0.717) is 30.6 Å². The molecule has 8 nitrogen and oxygen atoms in total. The van der Waals surface area contributed by atoms with E-state index in [-0.39, 0.29) is 5.56 Å². The van der Waals surface area contributed by atoms with Gasteiger partial charge in [0.25, 0.3) is 5.91 Å². The van der Waals surface area contributed by atoms with Crippen molar-refractivity contribution in [1.29, 1.82) is 0 Å². The first kappa shape index (κ1) is 21.3. The van der Waals surface area contributed by atoms with Crippen LogP contribution in [0.4, 0.5) is 4.79 Å². The molecule has 0 saturated carbocycles. The second-order valence-corrected chi connectivity index (χ2v) is 5.86. The molecule has 0 fully saturated rings. The zero-order chi connectivity index (χ0) is 19.5. The zero-order valence-electron chi connectivity index (χ0n) is 15.6. The lowest BCUT2D eigenvalue weighted by Gasteiger charge is -2.11. The van der Waals surface area contributed by atoms with E-state index in [1.165, 1.54) is 19.2 Å². The molecule has 1 aromatic carbocycles. The highest BCUT2D eigenvalue weighted by atomic mass is 16.5. The SMILES string of the molecule is CCOc1cc(C(=O)OCC(=O)NC(=O)NCCC(C)C)ccc1OC. The molecule has 0 aromatic heterocycles. The van der Waals surface area contributed by atoms with Gasteiger partial charge in [0.15, 0.2) is 18.1 Å². The van der Waals surface area contributed by atoms with Crippen molar-refractivity contribution in [3.63, 3.8) is 0 Å². The fourth-order valence-electron chi connectivity index (χ4n) is 1.97. The number of hydrogen-bond donors (Lipinski definition) is 2. The summed E-state index contributed by atoms with van der Waals surface area (Å²) >= 11 is 0. The summed E-state index contributed by atoms with van der Waals surface area (Å²) in [6.45, 7) is 6.17. The fourth-order valence-corrected chi connectivity index (χ4v) is 1.97. The predicted octanol–water partition coefficient (Wildman–Crippen LogP) is 2.12. The molecule has 1 rings (SSSR count). The van der Waals surface area contributed by atoms with Crippen LogP contribution in [-0.4, -0.2) is 44.8 Å². The lowest BCUT2D eigenvalue weighted by Crippen LogP contribution is -2.41. The molecule has 0 aliphatic carbocycles. The Labute approximate surface area is 153 Å². The van der Waals surface area contributed by atoms with Crippen molar-refractivity contribution in [3.8, 4) is 11.5 Å². The first-order chi connectivity index (χ1) is 12.4. The summed E-state index contributed by atoms with van der Waals surface area (Å²) in [6.07, 6.45) is 0.802. The quantitative estimate of drug-likeness (QED) is 0.649. The number of benzene rings is 1. The molecule has 0 heterocycles. The topological polar surface area (TPSA) is 103 Å². The molecule has 0 aliphatic heterocycles. The van der Waals surface area contributed by atoms with Crippen LogP contribution < -0.4 is 20.1 Å². The van der Waals surface area contributed by atoms with Gasteiger partial charge < -0.3 is 19.5 Å². The maximum absolute atomic E-state index is 12.0. The number of methoxy groups -OCH3 is 1. The highest BCUT2D eigenvalue weighted by Gasteiger charge is 2.15. The maximum atomic E-state index is 12.0. The number of esters is 1. The van der Waals surface area contributed by atoms with Crippen LogP contribution >= 0.6 is 0 Å². The molecule has 2 N–H and O–H groups in total. The van der Waals surface area contributed by atoms with Crippen molar-refractivity contribution in [3.05, 3.63) is 23.8 Å². The molecule has 0 aliphatic rings. The van der Waals surface area contributed by atoms with Gasteiger partial charge in [0, 0.05) is 6.54 Å². The van der Waals surface area contributed by atoms with E-state index < -0.39 is 24.5 Å². The summed E-state index contributed by atoms with van der Waals surface area (Å²) < 4.78 is 15.4. The molecule has 0 spiro atoms. The van der Waals surface area contributed by atoms with E-state index in [0.717, 1.165) is 6.42 Å². The number of amides is 3. The van der Waals surface area contributed by atoms with Gasteiger partial charge in [0.05, 0.1) is 19.3 Å². The van der Waals surface area contributed by atoms with Gasteiger partial charge >= 0.3 is 12.0 Å². The molecule has 3 amide bonds. The van der Waals surface area contributed by atoms with E-state index in [1.54, 1.807) is 13.0 Å². The summed E-state index contributed by atoms with van der Waals surface area (Å²) in [6, 6.07) is 3.93. The Balaban J connectivity index is 2.49. The lowest BCUT2D eigenvalue weighted by molar-refractivity contribution is -0.123. The van der Waals surface area contributed by atoms with Crippen LogP contribution in [0.25, 0.3) is 0 Å². The van der Waals surface area contributed by atoms with Crippen molar-refractivity contribution in [2.24, 2.45) is 5.92 Å². The number of rotatable bonds is 9. The Hall–Kier alpha value is -2.77. The Morgan fingerprint density at radius 3 is 2.50 bits per heavy atom. The average molecular weight is 366 g/mol. The monoisotopic (exact) mass is 366 g/mol. The van der Waals surface area contributed by atoms with Crippen LogP contribution in [0.2, 0.25) is 0 Å². The Morgan fingerprint density at radius 1 is 1.15 bits per heavy atom. The minimum Gasteiger partial charge on any atom is -0.493 e. The minimum absolute atomic E-state index is 0.212. The Morgan fingerprint density at radius 2 is 1.88 bits per heavy atom. The van der Waals surface area contributed by atoms with Crippen LogP contribution in [0.15, 0.2) is 18.2 Å². The normalized spacial score (nSPS) is 10.2. The van der Waals surface area contributed by atoms with Gasteiger partial charge in [0.2, 0.25) is 0 Å². The molecule has 0 unspecified atom stereocenters. The highest BCUT2D eigenvalue weighted by Crippen LogP contribution is 2.28. The largest absolute Gasteiger partial charge is 0.493 e. The molecule has 0 atom stereocenters. The summed E-state index contributed by atoms with van der Waals surface area (Å²) in [5, 5.41) is 4.66. The van der Waals surface area contributed by atoms with Gasteiger partial charge in [-0.25, -0.2) is 9.59 Å². The van der Waals surface area contributed by atoms with E-state index in [1.807, 2.05) is 13.8 Å². The van der Waals surface area contributed by atoms with E-state index in [2.05, 4.69) is 10.6 Å². The summed E-state index contributed by atoms with van der Waals surface area (Å²) in [4.78, 5) is 35.2. The lowest BCUT2D eigenvalue weighted by atomic mass is 10.1. The molecule has 8 heteroatoms. The minimum atomic E-state index is -0.709.